The number of H-pyrrole nitrogens is 2. The lowest BCUT2D eigenvalue weighted by atomic mass is 10.0. The van der Waals surface area contributed by atoms with E-state index in [2.05, 4.69) is 40.0 Å². The Morgan fingerprint density at radius 2 is 1.89 bits per heavy atom. The summed E-state index contributed by atoms with van der Waals surface area (Å²) in [4.78, 5) is 15.2. The zero-order valence-electron chi connectivity index (χ0n) is 14.9. The minimum atomic E-state index is 0.244. The number of hydrogen-bond donors (Lipinski definition) is 2. The van der Waals surface area contributed by atoms with Crippen LogP contribution >= 0.6 is 11.6 Å². The molecule has 5 aromatic heterocycles. The number of pyridine rings is 2. The fraction of sp³-hybridized carbons (Fsp3) is 0.150. The Labute approximate surface area is 160 Å². The third kappa shape index (κ3) is 2.52. The fourth-order valence-corrected chi connectivity index (χ4v) is 3.56. The maximum atomic E-state index is 6.30. The van der Waals surface area contributed by atoms with Gasteiger partial charge in [-0.25, -0.2) is 9.97 Å². The molecular formula is C20H17ClN6. The maximum absolute atomic E-state index is 6.30. The lowest BCUT2D eigenvalue weighted by Gasteiger charge is -2.04. The summed E-state index contributed by atoms with van der Waals surface area (Å²) in [5.41, 5.74) is 5.57. The predicted octanol–water partition coefficient (Wildman–Crippen LogP) is 5.20. The van der Waals surface area contributed by atoms with Gasteiger partial charge in [-0.15, -0.1) is 0 Å². The van der Waals surface area contributed by atoms with Crippen molar-refractivity contribution in [2.75, 3.05) is 0 Å². The predicted molar refractivity (Wildman–Crippen MR) is 108 cm³/mol. The van der Waals surface area contributed by atoms with Crippen LogP contribution in [-0.4, -0.2) is 29.7 Å². The van der Waals surface area contributed by atoms with Crippen molar-refractivity contribution in [2.45, 2.75) is 19.9 Å². The first-order chi connectivity index (χ1) is 13.1. The van der Waals surface area contributed by atoms with Crippen LogP contribution in [0.2, 0.25) is 5.02 Å². The zero-order valence-corrected chi connectivity index (χ0v) is 15.6. The van der Waals surface area contributed by atoms with Crippen molar-refractivity contribution >= 4 is 33.7 Å². The molecular weight excluding hydrogens is 360 g/mol. The monoisotopic (exact) mass is 376 g/mol. The van der Waals surface area contributed by atoms with Crippen molar-refractivity contribution in [1.82, 2.24) is 29.7 Å². The third-order valence-electron chi connectivity index (χ3n) is 4.77. The minimum absolute atomic E-state index is 0.244. The Morgan fingerprint density at radius 3 is 2.74 bits per heavy atom. The number of rotatable bonds is 3. The Bertz CT molecular complexity index is 1280. The Kier molecular flexibility index (Phi) is 3.55. The third-order valence-corrected chi connectivity index (χ3v) is 5.08. The van der Waals surface area contributed by atoms with Gasteiger partial charge in [-0.1, -0.05) is 11.6 Å². The van der Waals surface area contributed by atoms with Crippen molar-refractivity contribution in [3.05, 3.63) is 54.2 Å². The first kappa shape index (κ1) is 16.1. The van der Waals surface area contributed by atoms with Gasteiger partial charge in [0.05, 0.1) is 5.02 Å². The van der Waals surface area contributed by atoms with E-state index in [4.69, 9.17) is 16.7 Å². The highest BCUT2D eigenvalue weighted by atomic mass is 35.5. The summed E-state index contributed by atoms with van der Waals surface area (Å²) >= 11 is 6.30. The van der Waals surface area contributed by atoms with Crippen LogP contribution in [0.4, 0.5) is 0 Å². The van der Waals surface area contributed by atoms with Crippen molar-refractivity contribution in [3.63, 3.8) is 0 Å². The number of nitrogens with one attached hydrogen (secondary N) is 2. The zero-order chi connectivity index (χ0) is 18.5. The Balaban J connectivity index is 1.78. The molecule has 0 unspecified atom stereocenters. The van der Waals surface area contributed by atoms with E-state index in [1.807, 2.05) is 41.5 Å². The molecule has 0 aromatic carbocycles. The summed E-state index contributed by atoms with van der Waals surface area (Å²) in [6.07, 6.45) is 9.39. The van der Waals surface area contributed by atoms with Gasteiger partial charge < -0.3 is 9.97 Å². The number of aromatic nitrogens is 6. The summed E-state index contributed by atoms with van der Waals surface area (Å²) in [5, 5.41) is 7.47. The highest BCUT2D eigenvalue weighted by Crippen LogP contribution is 2.36. The molecule has 6 nitrogen and oxygen atoms in total. The van der Waals surface area contributed by atoms with Gasteiger partial charge >= 0.3 is 0 Å². The molecule has 134 valence electrons. The van der Waals surface area contributed by atoms with Gasteiger partial charge in [-0.05, 0) is 37.6 Å². The Morgan fingerprint density at radius 1 is 1.04 bits per heavy atom. The van der Waals surface area contributed by atoms with Crippen molar-refractivity contribution in [2.24, 2.45) is 0 Å². The minimum Gasteiger partial charge on any atom is -0.346 e. The van der Waals surface area contributed by atoms with Crippen molar-refractivity contribution in [3.8, 4) is 22.4 Å². The van der Waals surface area contributed by atoms with E-state index in [1.54, 1.807) is 6.20 Å². The lowest BCUT2D eigenvalue weighted by Crippen LogP contribution is -2.00. The van der Waals surface area contributed by atoms with Crippen LogP contribution < -0.4 is 0 Å². The van der Waals surface area contributed by atoms with Gasteiger partial charge in [0.2, 0.25) is 0 Å². The summed E-state index contributed by atoms with van der Waals surface area (Å²) in [5.74, 6) is 0. The van der Waals surface area contributed by atoms with Crippen LogP contribution in [0.15, 0.2) is 49.2 Å². The molecule has 5 rings (SSSR count). The number of hydrogen-bond acceptors (Lipinski definition) is 3. The van der Waals surface area contributed by atoms with Crippen molar-refractivity contribution in [1.29, 1.82) is 0 Å². The molecule has 0 aliphatic heterocycles. The van der Waals surface area contributed by atoms with Crippen LogP contribution in [-0.2, 0) is 0 Å². The summed E-state index contributed by atoms with van der Waals surface area (Å²) in [6.45, 7) is 4.23. The highest BCUT2D eigenvalue weighted by molar-refractivity contribution is 6.35. The average molecular weight is 377 g/mol. The van der Waals surface area contributed by atoms with E-state index in [9.17, 15) is 0 Å². The normalized spacial score (nSPS) is 11.9. The molecule has 5 aromatic rings. The van der Waals surface area contributed by atoms with Gasteiger partial charge in [0, 0.05) is 58.9 Å². The van der Waals surface area contributed by atoms with E-state index in [0.717, 1.165) is 44.5 Å². The van der Waals surface area contributed by atoms with E-state index in [1.165, 1.54) is 0 Å². The average Bonchev–Trinajstić information content (AvgIpc) is 3.39. The quantitative estimate of drug-likeness (QED) is 0.454. The van der Waals surface area contributed by atoms with Crippen LogP contribution in [0, 0.1) is 0 Å². The number of aromatic amines is 2. The molecule has 0 radical (unpaired) electrons. The molecule has 2 N–H and O–H groups in total. The van der Waals surface area contributed by atoms with Gasteiger partial charge in [0.15, 0.2) is 0 Å². The van der Waals surface area contributed by atoms with E-state index >= 15 is 0 Å². The molecule has 0 saturated carbocycles. The molecule has 0 amide bonds. The molecule has 27 heavy (non-hydrogen) atoms. The van der Waals surface area contributed by atoms with E-state index in [-0.39, 0.29) is 6.04 Å². The second-order valence-electron chi connectivity index (χ2n) is 6.82. The number of halogens is 1. The lowest BCUT2D eigenvalue weighted by molar-refractivity contribution is 0.534. The first-order valence-electron chi connectivity index (χ1n) is 8.76. The van der Waals surface area contributed by atoms with E-state index in [0.29, 0.717) is 5.02 Å². The number of nitrogens with zero attached hydrogens (tertiary/aromatic N) is 4. The second kappa shape index (κ2) is 5.96. The summed E-state index contributed by atoms with van der Waals surface area (Å²) < 4.78 is 1.98. The molecule has 7 heteroatoms. The van der Waals surface area contributed by atoms with Crippen LogP contribution in [0.3, 0.4) is 0 Å². The molecule has 5 heterocycles. The molecule has 0 atom stereocenters. The number of fused-ring (bicyclic) bond motifs is 2. The standard InChI is InChI=1S/C20H17ClN6/c1-11(2)27-10-16(13-3-5-22-19-14(13)4-6-23-19)18(26-27)12-7-15-17(21)9-25-20(15)24-8-12/h3-11H,1-2H3,(H,22,23)(H,24,25). The van der Waals surface area contributed by atoms with Crippen LogP contribution in [0.25, 0.3) is 44.5 Å². The van der Waals surface area contributed by atoms with Crippen molar-refractivity contribution < 1.29 is 0 Å². The fourth-order valence-electron chi connectivity index (χ4n) is 3.36. The Hall–Kier alpha value is -3.12. The SMILES string of the molecule is CC(C)n1cc(-c2ccnc3[nH]ccc23)c(-c2cnc3[nH]cc(Cl)c3c2)n1. The second-order valence-corrected chi connectivity index (χ2v) is 7.23. The van der Waals surface area contributed by atoms with Crippen LogP contribution in [0.5, 0.6) is 0 Å². The largest absolute Gasteiger partial charge is 0.346 e. The maximum Gasteiger partial charge on any atom is 0.138 e. The first-order valence-corrected chi connectivity index (χ1v) is 9.14. The summed E-state index contributed by atoms with van der Waals surface area (Å²) in [7, 11) is 0. The van der Waals surface area contributed by atoms with Gasteiger partial charge in [-0.3, -0.25) is 4.68 Å². The molecule has 0 saturated heterocycles. The van der Waals surface area contributed by atoms with Crippen LogP contribution in [0.1, 0.15) is 19.9 Å². The molecule has 0 bridgehead atoms. The molecule has 0 spiro atoms. The molecule has 0 aliphatic carbocycles. The molecule has 0 fully saturated rings. The van der Waals surface area contributed by atoms with Gasteiger partial charge in [-0.2, -0.15) is 5.10 Å². The van der Waals surface area contributed by atoms with Gasteiger partial charge in [0.25, 0.3) is 0 Å². The smallest absolute Gasteiger partial charge is 0.138 e. The van der Waals surface area contributed by atoms with Gasteiger partial charge in [0.1, 0.15) is 17.0 Å². The highest BCUT2D eigenvalue weighted by Gasteiger charge is 2.18. The summed E-state index contributed by atoms with van der Waals surface area (Å²) in [6, 6.07) is 6.34. The van der Waals surface area contributed by atoms with E-state index < -0.39 is 0 Å². The molecule has 0 aliphatic rings. The topological polar surface area (TPSA) is 75.2 Å².